The van der Waals surface area contributed by atoms with Crippen LogP contribution in [0.1, 0.15) is 28.1 Å². The molecule has 0 bridgehead atoms. The number of nitrogens with zero attached hydrogens (tertiary/aromatic N) is 3. The van der Waals surface area contributed by atoms with E-state index < -0.39 is 0 Å². The van der Waals surface area contributed by atoms with Crippen molar-refractivity contribution in [2.24, 2.45) is 0 Å². The fraction of sp³-hybridized carbons (Fsp3) is 0.286. The van der Waals surface area contributed by atoms with Gasteiger partial charge in [0.15, 0.2) is 0 Å². The molecule has 0 radical (unpaired) electrons. The molecule has 0 unspecified atom stereocenters. The van der Waals surface area contributed by atoms with Gasteiger partial charge in [-0.2, -0.15) is 5.10 Å². The summed E-state index contributed by atoms with van der Waals surface area (Å²) in [6.07, 6.45) is 0. The molecule has 2 N–H and O–H groups in total. The highest BCUT2D eigenvalue weighted by Gasteiger charge is 2.15. The highest BCUT2D eigenvalue weighted by molar-refractivity contribution is 5.43. The van der Waals surface area contributed by atoms with Crippen molar-refractivity contribution in [3.05, 3.63) is 76.6 Å². The number of nitrogen functional groups attached to an aromatic ring is 1. The number of nitrogens with two attached hydrogens (primary N) is 1. The van der Waals surface area contributed by atoms with E-state index in [0.29, 0.717) is 0 Å². The highest BCUT2D eigenvalue weighted by Crippen LogP contribution is 2.22. The molecule has 25 heavy (non-hydrogen) atoms. The van der Waals surface area contributed by atoms with Gasteiger partial charge in [0.2, 0.25) is 0 Å². The Hall–Kier alpha value is -2.59. The van der Waals surface area contributed by atoms with Crippen molar-refractivity contribution >= 4 is 5.69 Å². The Bertz CT molecular complexity index is 879. The summed E-state index contributed by atoms with van der Waals surface area (Å²) >= 11 is 0. The van der Waals surface area contributed by atoms with E-state index in [4.69, 9.17) is 10.8 Å². The van der Waals surface area contributed by atoms with Crippen LogP contribution in [-0.4, -0.2) is 21.7 Å². The Labute approximate surface area is 149 Å². The van der Waals surface area contributed by atoms with Crippen LogP contribution in [0.15, 0.2) is 48.5 Å². The van der Waals surface area contributed by atoms with Crippen LogP contribution in [0, 0.1) is 20.8 Å². The van der Waals surface area contributed by atoms with Gasteiger partial charge in [0.1, 0.15) is 0 Å². The third-order valence-corrected chi connectivity index (χ3v) is 4.62. The SMILES string of the molecule is Cc1ccccc1-n1nc(C)c(CN(C)Cc2cccc(N)c2)c1C. The molecule has 0 amide bonds. The van der Waals surface area contributed by atoms with Crippen LogP contribution in [0.25, 0.3) is 5.69 Å². The molecule has 4 heteroatoms. The topological polar surface area (TPSA) is 47.1 Å². The minimum atomic E-state index is 0.811. The van der Waals surface area contributed by atoms with E-state index in [1.165, 1.54) is 22.4 Å². The van der Waals surface area contributed by atoms with Crippen LogP contribution in [0.4, 0.5) is 5.69 Å². The van der Waals surface area contributed by atoms with Gasteiger partial charge in [0.25, 0.3) is 0 Å². The van der Waals surface area contributed by atoms with Gasteiger partial charge in [0, 0.05) is 30.0 Å². The molecule has 1 heterocycles. The molecule has 0 saturated carbocycles. The Balaban J connectivity index is 1.82. The molecule has 0 aliphatic rings. The zero-order chi connectivity index (χ0) is 18.0. The van der Waals surface area contributed by atoms with E-state index in [2.05, 4.69) is 67.7 Å². The lowest BCUT2D eigenvalue weighted by Crippen LogP contribution is -2.18. The van der Waals surface area contributed by atoms with E-state index in [-0.39, 0.29) is 0 Å². The molecule has 0 atom stereocenters. The quantitative estimate of drug-likeness (QED) is 0.717. The summed E-state index contributed by atoms with van der Waals surface area (Å²) in [6, 6.07) is 16.4. The molecular formula is C21H26N4. The summed E-state index contributed by atoms with van der Waals surface area (Å²) in [4.78, 5) is 2.30. The first-order chi connectivity index (χ1) is 12.0. The van der Waals surface area contributed by atoms with Gasteiger partial charge >= 0.3 is 0 Å². The number of rotatable bonds is 5. The second-order valence-electron chi connectivity index (χ2n) is 6.76. The summed E-state index contributed by atoms with van der Waals surface area (Å²) in [5.41, 5.74) is 13.9. The first-order valence-corrected chi connectivity index (χ1v) is 8.59. The fourth-order valence-corrected chi connectivity index (χ4v) is 3.27. The summed E-state index contributed by atoms with van der Waals surface area (Å²) in [6.45, 7) is 8.08. The first-order valence-electron chi connectivity index (χ1n) is 8.59. The average Bonchev–Trinajstić information content (AvgIpc) is 2.83. The van der Waals surface area contributed by atoms with Crippen LogP contribution in [0.2, 0.25) is 0 Å². The summed E-state index contributed by atoms with van der Waals surface area (Å²) < 4.78 is 2.06. The minimum Gasteiger partial charge on any atom is -0.399 e. The molecule has 4 nitrogen and oxygen atoms in total. The smallest absolute Gasteiger partial charge is 0.0678 e. The number of hydrogen-bond acceptors (Lipinski definition) is 3. The molecule has 1 aromatic heterocycles. The molecule has 3 rings (SSSR count). The molecule has 0 saturated heterocycles. The third-order valence-electron chi connectivity index (χ3n) is 4.62. The molecule has 3 aromatic rings. The van der Waals surface area contributed by atoms with Crippen molar-refractivity contribution in [3.8, 4) is 5.69 Å². The van der Waals surface area contributed by atoms with Crippen molar-refractivity contribution in [1.29, 1.82) is 0 Å². The first kappa shape index (κ1) is 17.2. The zero-order valence-corrected chi connectivity index (χ0v) is 15.5. The van der Waals surface area contributed by atoms with E-state index in [9.17, 15) is 0 Å². The summed E-state index contributed by atoms with van der Waals surface area (Å²) in [7, 11) is 2.13. The maximum absolute atomic E-state index is 5.89. The van der Waals surface area contributed by atoms with Crippen LogP contribution in [-0.2, 0) is 13.1 Å². The van der Waals surface area contributed by atoms with Crippen LogP contribution in [0.3, 0.4) is 0 Å². The summed E-state index contributed by atoms with van der Waals surface area (Å²) in [5.74, 6) is 0. The van der Waals surface area contributed by atoms with E-state index in [1.807, 2.05) is 18.2 Å². The van der Waals surface area contributed by atoms with Crippen molar-refractivity contribution < 1.29 is 0 Å². The molecule has 0 aliphatic heterocycles. The third kappa shape index (κ3) is 3.74. The second kappa shape index (κ2) is 7.11. The van der Waals surface area contributed by atoms with Gasteiger partial charge in [0.05, 0.1) is 11.4 Å². The average molecular weight is 334 g/mol. The normalized spacial score (nSPS) is 11.2. The number of hydrogen-bond donors (Lipinski definition) is 1. The Morgan fingerprint density at radius 3 is 2.48 bits per heavy atom. The molecule has 2 aromatic carbocycles. The fourth-order valence-electron chi connectivity index (χ4n) is 3.27. The van der Waals surface area contributed by atoms with Crippen molar-refractivity contribution in [3.63, 3.8) is 0 Å². The molecule has 130 valence electrons. The van der Waals surface area contributed by atoms with Gasteiger partial charge in [-0.15, -0.1) is 0 Å². The summed E-state index contributed by atoms with van der Waals surface area (Å²) in [5, 5.41) is 4.79. The largest absolute Gasteiger partial charge is 0.399 e. The van der Waals surface area contributed by atoms with Gasteiger partial charge in [-0.25, -0.2) is 4.68 Å². The standard InChI is InChI=1S/C21H26N4/c1-15-8-5-6-11-21(15)25-17(3)20(16(2)23-25)14-24(4)13-18-9-7-10-19(22)12-18/h5-12H,13-14,22H2,1-4H3. The molecule has 0 aliphatic carbocycles. The van der Waals surface area contributed by atoms with E-state index in [1.54, 1.807) is 0 Å². The van der Waals surface area contributed by atoms with Crippen LogP contribution >= 0.6 is 0 Å². The highest BCUT2D eigenvalue weighted by atomic mass is 15.3. The zero-order valence-electron chi connectivity index (χ0n) is 15.5. The predicted octanol–water partition coefficient (Wildman–Crippen LogP) is 4.01. The molecule has 0 spiro atoms. The number of aryl methyl sites for hydroxylation is 2. The monoisotopic (exact) mass is 334 g/mol. The van der Waals surface area contributed by atoms with Gasteiger partial charge in [-0.1, -0.05) is 30.3 Å². The Kier molecular flexibility index (Phi) is 4.91. The van der Waals surface area contributed by atoms with Gasteiger partial charge < -0.3 is 5.73 Å². The minimum absolute atomic E-state index is 0.811. The lowest BCUT2D eigenvalue weighted by molar-refractivity contribution is 0.318. The van der Waals surface area contributed by atoms with Gasteiger partial charge in [-0.3, -0.25) is 4.90 Å². The number of aromatic nitrogens is 2. The Morgan fingerprint density at radius 2 is 1.76 bits per heavy atom. The van der Waals surface area contributed by atoms with E-state index in [0.717, 1.165) is 30.2 Å². The van der Waals surface area contributed by atoms with Crippen LogP contribution < -0.4 is 5.73 Å². The lowest BCUT2D eigenvalue weighted by Gasteiger charge is -2.17. The van der Waals surface area contributed by atoms with E-state index >= 15 is 0 Å². The number of benzene rings is 2. The number of para-hydroxylation sites is 1. The lowest BCUT2D eigenvalue weighted by atomic mass is 10.1. The predicted molar refractivity (Wildman–Crippen MR) is 104 cm³/mol. The van der Waals surface area contributed by atoms with Crippen molar-refractivity contribution in [1.82, 2.24) is 14.7 Å². The van der Waals surface area contributed by atoms with Gasteiger partial charge in [-0.05, 0) is 57.1 Å². The molecule has 0 fully saturated rings. The van der Waals surface area contributed by atoms with Crippen LogP contribution in [0.5, 0.6) is 0 Å². The maximum Gasteiger partial charge on any atom is 0.0678 e. The van der Waals surface area contributed by atoms with Crippen molar-refractivity contribution in [2.45, 2.75) is 33.9 Å². The Morgan fingerprint density at radius 1 is 1.00 bits per heavy atom. The molecular weight excluding hydrogens is 308 g/mol. The maximum atomic E-state index is 5.89. The van der Waals surface area contributed by atoms with Crippen molar-refractivity contribution in [2.75, 3.05) is 12.8 Å². The second-order valence-corrected chi connectivity index (χ2v) is 6.76. The number of anilines is 1.